The van der Waals surface area contributed by atoms with E-state index in [0.29, 0.717) is 17.6 Å². The van der Waals surface area contributed by atoms with Crippen molar-refractivity contribution in [3.8, 4) is 0 Å². The van der Waals surface area contributed by atoms with E-state index in [1.165, 1.54) is 6.07 Å². The zero-order chi connectivity index (χ0) is 10.6. The standard InChI is InChI=1S/C12H13FO/c1-3-10(8-14)6-11-5-4-9(2)12(13)7-11/h4-8H,3H2,1-2H3/b10-6-. The molecule has 1 rings (SSSR count). The predicted octanol–water partition coefficient (Wildman–Crippen LogP) is 3.13. The molecular weight excluding hydrogens is 179 g/mol. The summed E-state index contributed by atoms with van der Waals surface area (Å²) in [6.45, 7) is 3.61. The minimum Gasteiger partial charge on any atom is -0.298 e. The first kappa shape index (κ1) is 10.6. The van der Waals surface area contributed by atoms with Gasteiger partial charge in [0, 0.05) is 0 Å². The van der Waals surface area contributed by atoms with Gasteiger partial charge < -0.3 is 0 Å². The summed E-state index contributed by atoms with van der Waals surface area (Å²) in [5, 5.41) is 0. The van der Waals surface area contributed by atoms with Crippen molar-refractivity contribution in [2.24, 2.45) is 0 Å². The van der Waals surface area contributed by atoms with Gasteiger partial charge in [-0.05, 0) is 42.2 Å². The van der Waals surface area contributed by atoms with Crippen molar-refractivity contribution in [2.45, 2.75) is 20.3 Å². The molecule has 0 unspecified atom stereocenters. The SMILES string of the molecule is CC/C(C=O)=C/c1ccc(C)c(F)c1. The number of carbonyl (C=O) groups excluding carboxylic acids is 1. The van der Waals surface area contributed by atoms with E-state index < -0.39 is 0 Å². The van der Waals surface area contributed by atoms with Crippen LogP contribution in [0.15, 0.2) is 23.8 Å². The first-order valence-electron chi connectivity index (χ1n) is 4.59. The molecule has 0 aliphatic heterocycles. The lowest BCUT2D eigenvalue weighted by Gasteiger charge is -1.99. The van der Waals surface area contributed by atoms with Gasteiger partial charge in [0.05, 0.1) is 0 Å². The van der Waals surface area contributed by atoms with Crippen molar-refractivity contribution in [1.82, 2.24) is 0 Å². The van der Waals surface area contributed by atoms with Gasteiger partial charge in [-0.25, -0.2) is 4.39 Å². The number of rotatable bonds is 3. The van der Waals surface area contributed by atoms with Gasteiger partial charge >= 0.3 is 0 Å². The van der Waals surface area contributed by atoms with Gasteiger partial charge in [0.1, 0.15) is 12.1 Å². The van der Waals surface area contributed by atoms with Crippen LogP contribution in [0.25, 0.3) is 6.08 Å². The van der Waals surface area contributed by atoms with Crippen LogP contribution in [0.3, 0.4) is 0 Å². The number of carbonyl (C=O) groups is 1. The summed E-state index contributed by atoms with van der Waals surface area (Å²) < 4.78 is 13.1. The zero-order valence-corrected chi connectivity index (χ0v) is 8.38. The maximum Gasteiger partial charge on any atom is 0.146 e. The number of hydrogen-bond acceptors (Lipinski definition) is 1. The monoisotopic (exact) mass is 192 g/mol. The summed E-state index contributed by atoms with van der Waals surface area (Å²) in [6.07, 6.45) is 3.17. The third-order valence-corrected chi connectivity index (χ3v) is 2.11. The second-order valence-corrected chi connectivity index (χ2v) is 3.20. The van der Waals surface area contributed by atoms with Crippen molar-refractivity contribution < 1.29 is 9.18 Å². The third-order valence-electron chi connectivity index (χ3n) is 2.11. The van der Waals surface area contributed by atoms with Crippen molar-refractivity contribution in [3.05, 3.63) is 40.7 Å². The molecule has 74 valence electrons. The van der Waals surface area contributed by atoms with Crippen molar-refractivity contribution in [1.29, 1.82) is 0 Å². The molecule has 0 heterocycles. The lowest BCUT2D eigenvalue weighted by molar-refractivity contribution is -0.104. The minimum atomic E-state index is -0.236. The molecular formula is C12H13FO. The molecule has 0 radical (unpaired) electrons. The van der Waals surface area contributed by atoms with Crippen LogP contribution < -0.4 is 0 Å². The third kappa shape index (κ3) is 2.52. The Morgan fingerprint density at radius 1 is 1.50 bits per heavy atom. The molecule has 0 aromatic heterocycles. The summed E-state index contributed by atoms with van der Waals surface area (Å²) in [5.74, 6) is -0.236. The quantitative estimate of drug-likeness (QED) is 0.531. The molecule has 0 bridgehead atoms. The minimum absolute atomic E-state index is 0.236. The molecule has 14 heavy (non-hydrogen) atoms. The van der Waals surface area contributed by atoms with Crippen molar-refractivity contribution in [3.63, 3.8) is 0 Å². The van der Waals surface area contributed by atoms with Gasteiger partial charge in [-0.2, -0.15) is 0 Å². The molecule has 0 spiro atoms. The van der Waals surface area contributed by atoms with Gasteiger partial charge in [0.25, 0.3) is 0 Å². The maximum absolute atomic E-state index is 13.1. The van der Waals surface area contributed by atoms with Gasteiger partial charge in [-0.3, -0.25) is 4.79 Å². The van der Waals surface area contributed by atoms with E-state index in [9.17, 15) is 9.18 Å². The van der Waals surface area contributed by atoms with Gasteiger partial charge in [-0.1, -0.05) is 19.1 Å². The van der Waals surface area contributed by atoms with E-state index in [2.05, 4.69) is 0 Å². The average Bonchev–Trinajstić information content (AvgIpc) is 2.19. The molecule has 0 aliphatic carbocycles. The summed E-state index contributed by atoms with van der Waals surface area (Å²) in [7, 11) is 0. The summed E-state index contributed by atoms with van der Waals surface area (Å²) in [6, 6.07) is 4.95. The maximum atomic E-state index is 13.1. The summed E-state index contributed by atoms with van der Waals surface area (Å²) >= 11 is 0. The Labute approximate surface area is 83.3 Å². The topological polar surface area (TPSA) is 17.1 Å². The van der Waals surface area contributed by atoms with E-state index in [1.54, 1.807) is 25.1 Å². The molecule has 0 fully saturated rings. The van der Waals surface area contributed by atoms with Crippen LogP contribution in [0.5, 0.6) is 0 Å². The summed E-state index contributed by atoms with van der Waals surface area (Å²) in [4.78, 5) is 10.5. The second-order valence-electron chi connectivity index (χ2n) is 3.20. The zero-order valence-electron chi connectivity index (χ0n) is 8.38. The Morgan fingerprint density at radius 2 is 2.21 bits per heavy atom. The van der Waals surface area contributed by atoms with E-state index in [1.807, 2.05) is 6.92 Å². The number of benzene rings is 1. The van der Waals surface area contributed by atoms with Crippen LogP contribution in [-0.4, -0.2) is 6.29 Å². The highest BCUT2D eigenvalue weighted by Crippen LogP contribution is 2.12. The normalized spacial score (nSPS) is 11.5. The molecule has 0 amide bonds. The van der Waals surface area contributed by atoms with Crippen LogP contribution in [-0.2, 0) is 4.79 Å². The van der Waals surface area contributed by atoms with Crippen LogP contribution in [0.1, 0.15) is 24.5 Å². The Bertz CT molecular complexity index is 367. The molecule has 1 aromatic carbocycles. The van der Waals surface area contributed by atoms with E-state index in [0.717, 1.165) is 11.8 Å². The van der Waals surface area contributed by atoms with Gasteiger partial charge in [-0.15, -0.1) is 0 Å². The van der Waals surface area contributed by atoms with Crippen LogP contribution in [0.4, 0.5) is 4.39 Å². The highest BCUT2D eigenvalue weighted by atomic mass is 19.1. The van der Waals surface area contributed by atoms with E-state index in [4.69, 9.17) is 0 Å². The van der Waals surface area contributed by atoms with Crippen LogP contribution >= 0.6 is 0 Å². The van der Waals surface area contributed by atoms with Crippen LogP contribution in [0.2, 0.25) is 0 Å². The molecule has 1 aromatic rings. The van der Waals surface area contributed by atoms with Crippen molar-refractivity contribution in [2.75, 3.05) is 0 Å². The fourth-order valence-corrected chi connectivity index (χ4v) is 1.13. The second kappa shape index (κ2) is 4.70. The smallest absolute Gasteiger partial charge is 0.146 e. The summed E-state index contributed by atoms with van der Waals surface area (Å²) in [5.41, 5.74) is 2.02. The molecule has 1 nitrogen and oxygen atoms in total. The number of allylic oxidation sites excluding steroid dienone is 1. The van der Waals surface area contributed by atoms with Gasteiger partial charge in [0.15, 0.2) is 0 Å². The molecule has 0 saturated heterocycles. The Hall–Kier alpha value is -1.44. The first-order valence-corrected chi connectivity index (χ1v) is 4.59. The lowest BCUT2D eigenvalue weighted by atomic mass is 10.1. The van der Waals surface area contributed by atoms with Crippen molar-refractivity contribution >= 4 is 12.4 Å². The molecule has 0 N–H and O–H groups in total. The Balaban J connectivity index is 3.03. The van der Waals surface area contributed by atoms with Gasteiger partial charge in [0.2, 0.25) is 0 Å². The largest absolute Gasteiger partial charge is 0.298 e. The number of aldehydes is 1. The fourth-order valence-electron chi connectivity index (χ4n) is 1.13. The average molecular weight is 192 g/mol. The van der Waals surface area contributed by atoms with Crippen LogP contribution in [0, 0.1) is 12.7 Å². The highest BCUT2D eigenvalue weighted by Gasteiger charge is 1.98. The number of aryl methyl sites for hydroxylation is 1. The van der Waals surface area contributed by atoms with E-state index >= 15 is 0 Å². The molecule has 0 saturated carbocycles. The molecule has 0 aliphatic rings. The first-order chi connectivity index (χ1) is 6.67. The predicted molar refractivity (Wildman–Crippen MR) is 55.5 cm³/mol. The lowest BCUT2D eigenvalue weighted by Crippen LogP contribution is -1.86. The molecule has 2 heteroatoms. The number of hydrogen-bond donors (Lipinski definition) is 0. The fraction of sp³-hybridized carbons (Fsp3) is 0.250. The number of halogens is 1. The van der Waals surface area contributed by atoms with E-state index in [-0.39, 0.29) is 5.82 Å². The highest BCUT2D eigenvalue weighted by molar-refractivity contribution is 5.81. The molecule has 0 atom stereocenters. The Morgan fingerprint density at radius 3 is 2.71 bits per heavy atom. The Kier molecular flexibility index (Phi) is 3.57.